The molecule has 0 bridgehead atoms. The molecule has 94 valence electrons. The molecule has 1 aromatic carbocycles. The Morgan fingerprint density at radius 1 is 1.50 bits per heavy atom. The molecule has 0 fully saturated rings. The van der Waals surface area contributed by atoms with Gasteiger partial charge in [0, 0.05) is 17.3 Å². The molecule has 1 amide bonds. The van der Waals surface area contributed by atoms with Gasteiger partial charge in [0.1, 0.15) is 12.4 Å². The molecule has 0 spiro atoms. The van der Waals surface area contributed by atoms with Gasteiger partial charge in [-0.15, -0.1) is 0 Å². The van der Waals surface area contributed by atoms with Gasteiger partial charge in [-0.05, 0) is 18.2 Å². The van der Waals surface area contributed by atoms with Crippen LogP contribution in [0, 0.1) is 5.82 Å². The van der Waals surface area contributed by atoms with Crippen molar-refractivity contribution < 1.29 is 9.18 Å². The van der Waals surface area contributed by atoms with Crippen LogP contribution in [-0.2, 0) is 11.3 Å². The molecule has 2 aromatic rings. The van der Waals surface area contributed by atoms with Crippen molar-refractivity contribution in [1.82, 2.24) is 4.57 Å². The van der Waals surface area contributed by atoms with E-state index in [9.17, 15) is 14.0 Å². The summed E-state index contributed by atoms with van der Waals surface area (Å²) in [7, 11) is 0. The minimum Gasteiger partial charge on any atom is -0.399 e. The molecule has 0 atom stereocenters. The van der Waals surface area contributed by atoms with Gasteiger partial charge in [0.2, 0.25) is 5.91 Å². The van der Waals surface area contributed by atoms with Crippen molar-refractivity contribution in [2.75, 3.05) is 11.1 Å². The summed E-state index contributed by atoms with van der Waals surface area (Å²) in [6.07, 6.45) is 1.50. The SMILES string of the molecule is Nc1ccc(F)c(NC(=O)Cn2ccsc2=O)c1. The number of nitrogen functional groups attached to an aromatic ring is 1. The van der Waals surface area contributed by atoms with Crippen LogP contribution in [0.2, 0.25) is 0 Å². The maximum atomic E-state index is 13.4. The second-order valence-corrected chi connectivity index (χ2v) is 4.44. The number of amides is 1. The number of hydrogen-bond donors (Lipinski definition) is 2. The molecule has 3 N–H and O–H groups in total. The number of carbonyl (C=O) groups is 1. The standard InChI is InChI=1S/C11H10FN3O2S/c12-8-2-1-7(13)5-9(8)14-10(16)6-15-3-4-18-11(15)17/h1-5H,6,13H2,(H,14,16). The first kappa shape index (κ1) is 12.3. The number of carbonyl (C=O) groups excluding carboxylic acids is 1. The predicted octanol–water partition coefficient (Wildman–Crippen LogP) is 1.27. The average Bonchev–Trinajstić information content (AvgIpc) is 2.70. The lowest BCUT2D eigenvalue weighted by atomic mass is 10.2. The smallest absolute Gasteiger partial charge is 0.307 e. The first-order valence-corrected chi connectivity index (χ1v) is 5.93. The Labute approximate surface area is 106 Å². The van der Waals surface area contributed by atoms with Crippen molar-refractivity contribution in [1.29, 1.82) is 0 Å². The molecule has 1 heterocycles. The Balaban J connectivity index is 2.10. The lowest BCUT2D eigenvalue weighted by molar-refractivity contribution is -0.116. The number of hydrogen-bond acceptors (Lipinski definition) is 4. The molecule has 2 rings (SSSR count). The fourth-order valence-electron chi connectivity index (χ4n) is 1.39. The van der Waals surface area contributed by atoms with Crippen molar-refractivity contribution in [3.8, 4) is 0 Å². The van der Waals surface area contributed by atoms with Crippen LogP contribution >= 0.6 is 11.3 Å². The molecule has 5 nitrogen and oxygen atoms in total. The molecule has 7 heteroatoms. The highest BCUT2D eigenvalue weighted by Gasteiger charge is 2.09. The Hall–Kier alpha value is -2.15. The van der Waals surface area contributed by atoms with Gasteiger partial charge in [-0.3, -0.25) is 14.2 Å². The Bertz CT molecular complexity index is 635. The van der Waals surface area contributed by atoms with Crippen LogP contribution in [0.5, 0.6) is 0 Å². The Morgan fingerprint density at radius 3 is 2.94 bits per heavy atom. The molecule has 0 aliphatic heterocycles. The lowest BCUT2D eigenvalue weighted by Gasteiger charge is -2.07. The molecule has 0 unspecified atom stereocenters. The summed E-state index contributed by atoms with van der Waals surface area (Å²) in [6.45, 7) is -0.156. The van der Waals surface area contributed by atoms with Gasteiger partial charge in [-0.25, -0.2) is 4.39 Å². The van der Waals surface area contributed by atoms with Crippen LogP contribution in [0.25, 0.3) is 0 Å². The van der Waals surface area contributed by atoms with Crippen LogP contribution in [0.15, 0.2) is 34.6 Å². The van der Waals surface area contributed by atoms with Crippen molar-refractivity contribution in [3.63, 3.8) is 0 Å². The zero-order valence-corrected chi connectivity index (χ0v) is 10.0. The molecule has 1 aromatic heterocycles. The van der Waals surface area contributed by atoms with E-state index in [1.165, 1.54) is 29.0 Å². The van der Waals surface area contributed by atoms with E-state index in [4.69, 9.17) is 5.73 Å². The summed E-state index contributed by atoms with van der Waals surface area (Å²) < 4.78 is 14.6. The predicted molar refractivity (Wildman–Crippen MR) is 68.0 cm³/mol. The maximum absolute atomic E-state index is 13.4. The summed E-state index contributed by atoms with van der Waals surface area (Å²) in [5.74, 6) is -1.06. The van der Waals surface area contributed by atoms with E-state index in [0.29, 0.717) is 5.69 Å². The van der Waals surface area contributed by atoms with Gasteiger partial charge in [0.25, 0.3) is 0 Å². The normalized spacial score (nSPS) is 10.3. The minimum absolute atomic E-state index is 0.00304. The Morgan fingerprint density at radius 2 is 2.28 bits per heavy atom. The highest BCUT2D eigenvalue weighted by atomic mass is 32.1. The number of aromatic nitrogens is 1. The number of rotatable bonds is 3. The van der Waals surface area contributed by atoms with Crippen molar-refractivity contribution in [2.45, 2.75) is 6.54 Å². The average molecular weight is 267 g/mol. The van der Waals surface area contributed by atoms with Gasteiger partial charge in [-0.2, -0.15) is 0 Å². The third-order valence-electron chi connectivity index (χ3n) is 2.22. The Kier molecular flexibility index (Phi) is 3.42. The maximum Gasteiger partial charge on any atom is 0.307 e. The van der Waals surface area contributed by atoms with E-state index in [2.05, 4.69) is 5.32 Å². The van der Waals surface area contributed by atoms with Crippen molar-refractivity contribution >= 4 is 28.6 Å². The number of halogens is 1. The molecule has 0 aliphatic rings. The summed E-state index contributed by atoms with van der Waals surface area (Å²) in [6, 6.07) is 3.89. The molecule has 0 saturated carbocycles. The van der Waals surface area contributed by atoms with Gasteiger partial charge in [0.15, 0.2) is 0 Å². The molecule has 0 aliphatic carbocycles. The van der Waals surface area contributed by atoms with Crippen molar-refractivity contribution in [2.24, 2.45) is 0 Å². The molecular weight excluding hydrogens is 257 g/mol. The van der Waals surface area contributed by atoms with E-state index in [1.54, 1.807) is 5.38 Å². The van der Waals surface area contributed by atoms with Gasteiger partial charge in [-0.1, -0.05) is 11.3 Å². The third-order valence-corrected chi connectivity index (χ3v) is 2.92. The number of benzene rings is 1. The number of nitrogens with two attached hydrogens (primary N) is 1. The monoisotopic (exact) mass is 267 g/mol. The van der Waals surface area contributed by atoms with Gasteiger partial charge in [0.05, 0.1) is 5.69 Å². The fourth-order valence-corrected chi connectivity index (χ4v) is 1.98. The number of anilines is 2. The van der Waals surface area contributed by atoms with E-state index in [0.717, 1.165) is 11.3 Å². The van der Waals surface area contributed by atoms with Gasteiger partial charge >= 0.3 is 4.87 Å². The first-order chi connectivity index (χ1) is 8.56. The minimum atomic E-state index is -0.574. The highest BCUT2D eigenvalue weighted by molar-refractivity contribution is 7.07. The van der Waals surface area contributed by atoms with Crippen molar-refractivity contribution in [3.05, 3.63) is 45.3 Å². The molecule has 18 heavy (non-hydrogen) atoms. The van der Waals surface area contributed by atoms with Gasteiger partial charge < -0.3 is 11.1 Å². The quantitative estimate of drug-likeness (QED) is 0.822. The van der Waals surface area contributed by atoms with E-state index < -0.39 is 11.7 Å². The zero-order chi connectivity index (χ0) is 13.1. The van der Waals surface area contributed by atoms with E-state index >= 15 is 0 Å². The van der Waals surface area contributed by atoms with Crippen LogP contribution < -0.4 is 15.9 Å². The van der Waals surface area contributed by atoms with Crippen LogP contribution in [0.3, 0.4) is 0 Å². The van der Waals surface area contributed by atoms with E-state index in [1.807, 2.05) is 0 Å². The van der Waals surface area contributed by atoms with Crippen LogP contribution in [0.1, 0.15) is 0 Å². The third kappa shape index (κ3) is 2.75. The van der Waals surface area contributed by atoms with Crippen LogP contribution in [0.4, 0.5) is 15.8 Å². The summed E-state index contributed by atoms with van der Waals surface area (Å²) in [5, 5.41) is 3.95. The second kappa shape index (κ2) is 5.01. The van der Waals surface area contributed by atoms with Crippen LogP contribution in [-0.4, -0.2) is 10.5 Å². The number of nitrogens with one attached hydrogen (secondary N) is 1. The number of nitrogens with zero attached hydrogens (tertiary/aromatic N) is 1. The molecule has 0 saturated heterocycles. The highest BCUT2D eigenvalue weighted by Crippen LogP contribution is 2.17. The molecular formula is C11H10FN3O2S. The second-order valence-electron chi connectivity index (χ2n) is 3.58. The summed E-state index contributed by atoms with van der Waals surface area (Å²) >= 11 is 0.992. The zero-order valence-electron chi connectivity index (χ0n) is 9.22. The topological polar surface area (TPSA) is 77.1 Å². The first-order valence-electron chi connectivity index (χ1n) is 5.05. The summed E-state index contributed by atoms with van der Waals surface area (Å²) in [4.78, 5) is 22.6. The lowest BCUT2D eigenvalue weighted by Crippen LogP contribution is -2.24. The molecule has 0 radical (unpaired) electrons. The summed E-state index contributed by atoms with van der Waals surface area (Å²) in [5.41, 5.74) is 5.84. The number of thiazole rings is 1. The fraction of sp³-hybridized carbons (Fsp3) is 0.0909. The largest absolute Gasteiger partial charge is 0.399 e. The van der Waals surface area contributed by atoms with E-state index in [-0.39, 0.29) is 17.1 Å².